The number of ether oxygens (including phenoxy) is 1. The van der Waals surface area contributed by atoms with Crippen LogP contribution in [-0.4, -0.2) is 50.5 Å². The molecule has 0 radical (unpaired) electrons. The molecular formula is C33H43ClN2O5S. The number of sulfonamides is 1. The van der Waals surface area contributed by atoms with Crippen LogP contribution in [0.25, 0.3) is 0 Å². The van der Waals surface area contributed by atoms with Crippen LogP contribution in [-0.2, 0) is 21.9 Å². The molecule has 0 aromatic heterocycles. The van der Waals surface area contributed by atoms with E-state index in [0.717, 1.165) is 49.4 Å². The number of fused-ring (bicyclic) bond motifs is 4. The molecule has 1 fully saturated rings. The minimum absolute atomic E-state index is 0.164. The molecule has 228 valence electrons. The summed E-state index contributed by atoms with van der Waals surface area (Å²) in [5, 5.41) is 11.4. The molecule has 42 heavy (non-hydrogen) atoms. The van der Waals surface area contributed by atoms with E-state index in [1.54, 1.807) is 25.1 Å². The molecule has 2 bridgehead atoms. The van der Waals surface area contributed by atoms with Gasteiger partial charge >= 0.3 is 0 Å². The average Bonchev–Trinajstić information content (AvgIpc) is 3.06. The first-order valence-electron chi connectivity index (χ1n) is 15.5. The summed E-state index contributed by atoms with van der Waals surface area (Å²) in [7, 11) is -3.90. The number of rotatable bonds is 0. The van der Waals surface area contributed by atoms with Gasteiger partial charge in [-0.1, -0.05) is 31.5 Å². The lowest BCUT2D eigenvalue weighted by Crippen LogP contribution is -2.49. The third kappa shape index (κ3) is 5.55. The van der Waals surface area contributed by atoms with Crippen molar-refractivity contribution in [1.29, 1.82) is 0 Å². The molecule has 6 rings (SSSR count). The number of aliphatic hydroxyl groups is 1. The molecule has 2 N–H and O–H groups in total. The lowest BCUT2D eigenvalue weighted by Gasteiger charge is -2.46. The molecule has 7 atom stereocenters. The SMILES string of the molecule is C[C@@H]1C[C@H](C)[C@@H](C)S(=O)(=O)NC(=O)c2ccc3c(c2)N(C[C@@H]2CC[C@H]2[C@@H](O)C1)C[C@@]1(CCCc2cc(Cl)ccc21)CO3. The van der Waals surface area contributed by atoms with Crippen molar-refractivity contribution >= 4 is 33.2 Å². The van der Waals surface area contributed by atoms with E-state index in [1.807, 2.05) is 13.0 Å². The minimum Gasteiger partial charge on any atom is -0.490 e. The average molecular weight is 615 g/mol. The second-order valence-corrected chi connectivity index (χ2v) is 16.1. The highest BCUT2D eigenvalue weighted by atomic mass is 35.5. The molecule has 2 aromatic rings. The Bertz CT molecular complexity index is 1460. The summed E-state index contributed by atoms with van der Waals surface area (Å²) in [6, 6.07) is 11.4. The number of aliphatic hydroxyl groups excluding tert-OH is 1. The van der Waals surface area contributed by atoms with Crippen molar-refractivity contribution < 1.29 is 23.1 Å². The molecule has 1 amide bonds. The zero-order valence-corrected chi connectivity index (χ0v) is 26.4. The molecule has 2 aliphatic heterocycles. The second-order valence-electron chi connectivity index (χ2n) is 13.6. The number of hydrogen-bond donors (Lipinski definition) is 2. The van der Waals surface area contributed by atoms with Crippen LogP contribution in [0.1, 0.15) is 80.8 Å². The van der Waals surface area contributed by atoms with Crippen molar-refractivity contribution in [2.24, 2.45) is 23.7 Å². The molecular weight excluding hydrogens is 572 g/mol. The van der Waals surface area contributed by atoms with Gasteiger partial charge in [-0.15, -0.1) is 0 Å². The van der Waals surface area contributed by atoms with Gasteiger partial charge in [0, 0.05) is 29.1 Å². The van der Waals surface area contributed by atoms with Crippen LogP contribution in [0.4, 0.5) is 5.69 Å². The van der Waals surface area contributed by atoms with Crippen LogP contribution in [0.5, 0.6) is 5.75 Å². The van der Waals surface area contributed by atoms with Gasteiger partial charge < -0.3 is 14.7 Å². The zero-order valence-electron chi connectivity index (χ0n) is 24.8. The van der Waals surface area contributed by atoms with Gasteiger partial charge in [-0.05, 0) is 117 Å². The number of nitrogens with one attached hydrogen (secondary N) is 1. The largest absolute Gasteiger partial charge is 0.490 e. The highest BCUT2D eigenvalue weighted by Crippen LogP contribution is 2.47. The van der Waals surface area contributed by atoms with E-state index < -0.39 is 27.3 Å². The first kappa shape index (κ1) is 29.8. The van der Waals surface area contributed by atoms with Crippen LogP contribution in [0, 0.1) is 23.7 Å². The fourth-order valence-corrected chi connectivity index (χ4v) is 9.44. The van der Waals surface area contributed by atoms with Gasteiger partial charge in [0.1, 0.15) is 5.75 Å². The van der Waals surface area contributed by atoms with Crippen molar-refractivity contribution in [3.63, 3.8) is 0 Å². The lowest BCUT2D eigenvalue weighted by atomic mass is 9.67. The summed E-state index contributed by atoms with van der Waals surface area (Å²) in [5.41, 5.74) is 3.38. The molecule has 7 nitrogen and oxygen atoms in total. The quantitative estimate of drug-likeness (QED) is 0.394. The van der Waals surface area contributed by atoms with E-state index in [-0.39, 0.29) is 23.2 Å². The number of benzene rings is 2. The van der Waals surface area contributed by atoms with Crippen molar-refractivity contribution in [2.75, 3.05) is 24.6 Å². The summed E-state index contributed by atoms with van der Waals surface area (Å²) < 4.78 is 35.4. The Morgan fingerprint density at radius 2 is 1.90 bits per heavy atom. The number of nitrogens with zero attached hydrogens (tertiary/aromatic N) is 1. The summed E-state index contributed by atoms with van der Waals surface area (Å²) in [6.45, 7) is 7.63. The summed E-state index contributed by atoms with van der Waals surface area (Å²) >= 11 is 6.39. The predicted octanol–water partition coefficient (Wildman–Crippen LogP) is 5.71. The Balaban J connectivity index is 1.42. The van der Waals surface area contributed by atoms with Crippen LogP contribution in [0.15, 0.2) is 36.4 Å². The first-order valence-corrected chi connectivity index (χ1v) is 17.4. The highest BCUT2D eigenvalue weighted by Gasteiger charge is 2.44. The van der Waals surface area contributed by atoms with Crippen molar-refractivity contribution in [1.82, 2.24) is 4.72 Å². The molecule has 9 heteroatoms. The number of aryl methyl sites for hydroxylation is 1. The maximum Gasteiger partial charge on any atom is 0.264 e. The van der Waals surface area contributed by atoms with Crippen molar-refractivity contribution in [3.05, 3.63) is 58.1 Å². The normalized spacial score (nSPS) is 34.7. The third-order valence-corrected chi connectivity index (χ3v) is 12.8. The second kappa shape index (κ2) is 11.3. The Labute approximate surface area is 255 Å². The molecule has 0 saturated heterocycles. The molecule has 1 spiro atoms. The molecule has 4 aliphatic rings. The standard InChI is InChI=1S/C33H43ClN2O5S/c1-20-13-21(2)22(3)42(39,40)35-32(38)24-7-11-31-29(16-24)36(17-25-6-9-27(25)30(37)14-20)18-33(19-41-31)12-4-5-23-15-26(34)8-10-28(23)33/h7-8,10-11,15-16,20-22,25,27,30,37H,4-6,9,12-14,17-19H2,1-3H3,(H,35,38)/t20-,21+,22-,25+,27-,30+,33+/m1/s1. The van der Waals surface area contributed by atoms with Gasteiger partial charge in [0.25, 0.3) is 5.91 Å². The first-order chi connectivity index (χ1) is 20.0. The summed E-state index contributed by atoms with van der Waals surface area (Å²) in [6.07, 6.45) is 5.92. The third-order valence-electron chi connectivity index (χ3n) is 10.7. The van der Waals surface area contributed by atoms with Crippen LogP contribution < -0.4 is 14.4 Å². The van der Waals surface area contributed by atoms with Crippen LogP contribution in [0.3, 0.4) is 0 Å². The van der Waals surface area contributed by atoms with Crippen LogP contribution in [0.2, 0.25) is 5.02 Å². The Hall–Kier alpha value is -2.29. The highest BCUT2D eigenvalue weighted by molar-refractivity contribution is 7.90. The Kier molecular flexibility index (Phi) is 8.03. The van der Waals surface area contributed by atoms with Gasteiger partial charge in [-0.2, -0.15) is 0 Å². The van der Waals surface area contributed by atoms with E-state index in [0.29, 0.717) is 43.2 Å². The van der Waals surface area contributed by atoms with E-state index in [2.05, 4.69) is 28.7 Å². The van der Waals surface area contributed by atoms with Crippen molar-refractivity contribution in [2.45, 2.75) is 82.5 Å². The lowest BCUT2D eigenvalue weighted by molar-refractivity contribution is 0.000383. The maximum absolute atomic E-state index is 13.4. The minimum atomic E-state index is -3.90. The number of anilines is 1. The summed E-state index contributed by atoms with van der Waals surface area (Å²) in [4.78, 5) is 15.7. The predicted molar refractivity (Wildman–Crippen MR) is 166 cm³/mol. The number of carbonyl (C=O) groups excluding carboxylic acids is 1. The Morgan fingerprint density at radius 1 is 1.10 bits per heavy atom. The number of amides is 1. The number of halogens is 1. The zero-order chi connectivity index (χ0) is 29.8. The smallest absolute Gasteiger partial charge is 0.264 e. The van der Waals surface area contributed by atoms with Crippen LogP contribution >= 0.6 is 11.6 Å². The van der Waals surface area contributed by atoms with Gasteiger partial charge in [-0.25, -0.2) is 13.1 Å². The molecule has 2 aliphatic carbocycles. The molecule has 1 saturated carbocycles. The Morgan fingerprint density at radius 3 is 2.67 bits per heavy atom. The molecule has 2 aromatic carbocycles. The number of carbonyl (C=O) groups is 1. The number of hydrogen-bond acceptors (Lipinski definition) is 6. The van der Waals surface area contributed by atoms with E-state index in [9.17, 15) is 18.3 Å². The molecule has 2 heterocycles. The van der Waals surface area contributed by atoms with Gasteiger partial charge in [0.2, 0.25) is 10.0 Å². The van der Waals surface area contributed by atoms with Crippen molar-refractivity contribution in [3.8, 4) is 5.75 Å². The van der Waals surface area contributed by atoms with E-state index >= 15 is 0 Å². The topological polar surface area (TPSA) is 95.9 Å². The fraction of sp³-hybridized carbons (Fsp3) is 0.606. The van der Waals surface area contributed by atoms with Gasteiger partial charge in [0.15, 0.2) is 0 Å². The van der Waals surface area contributed by atoms with E-state index in [1.165, 1.54) is 11.1 Å². The van der Waals surface area contributed by atoms with Gasteiger partial charge in [-0.3, -0.25) is 4.79 Å². The van der Waals surface area contributed by atoms with Gasteiger partial charge in [0.05, 0.1) is 23.6 Å². The fourth-order valence-electron chi connectivity index (χ4n) is 7.96. The summed E-state index contributed by atoms with van der Waals surface area (Å²) in [5.74, 6) is 0.598. The maximum atomic E-state index is 13.4. The monoisotopic (exact) mass is 614 g/mol. The molecule has 0 unspecified atom stereocenters. The van der Waals surface area contributed by atoms with E-state index in [4.69, 9.17) is 16.3 Å².